The summed E-state index contributed by atoms with van der Waals surface area (Å²) in [6.07, 6.45) is 0. The van der Waals surface area contributed by atoms with E-state index >= 15 is 0 Å². The Kier molecular flexibility index (Phi) is 2.98. The van der Waals surface area contributed by atoms with Crippen molar-refractivity contribution in [1.82, 2.24) is 9.97 Å². The van der Waals surface area contributed by atoms with Crippen molar-refractivity contribution >= 4 is 44.8 Å². The summed E-state index contributed by atoms with van der Waals surface area (Å²) in [5.74, 6) is 0.683. The largest absolute Gasteiger partial charge is 0.232 e. The molecule has 0 saturated heterocycles. The lowest BCUT2D eigenvalue weighted by atomic mass is 10.2. The van der Waals surface area contributed by atoms with Gasteiger partial charge in [0.05, 0.1) is 10.2 Å². The van der Waals surface area contributed by atoms with Gasteiger partial charge in [0.25, 0.3) is 0 Å². The monoisotopic (exact) mass is 294 g/mol. The van der Waals surface area contributed by atoms with Gasteiger partial charge in [0.15, 0.2) is 5.15 Å². The fourth-order valence-corrected chi connectivity index (χ4v) is 3.29. The number of halogens is 2. The van der Waals surface area contributed by atoms with Gasteiger partial charge in [0, 0.05) is 9.90 Å². The number of benzene rings is 1. The molecule has 0 saturated carbocycles. The lowest BCUT2D eigenvalue weighted by molar-refractivity contribution is 1.10. The van der Waals surface area contributed by atoms with Crippen LogP contribution >= 0.6 is 34.5 Å². The van der Waals surface area contributed by atoms with Crippen LogP contribution in [-0.2, 0) is 0 Å². The van der Waals surface area contributed by atoms with Crippen molar-refractivity contribution in [2.75, 3.05) is 0 Å². The standard InChI is InChI=1S/C13H8Cl2N2S/c1-7-16-10-6-11(18-12(10)13(15)17-7)8-3-2-4-9(14)5-8/h2-6H,1H3. The number of hydrogen-bond donors (Lipinski definition) is 0. The summed E-state index contributed by atoms with van der Waals surface area (Å²) in [5, 5.41) is 1.23. The van der Waals surface area contributed by atoms with Crippen LogP contribution in [-0.4, -0.2) is 9.97 Å². The number of nitrogens with zero attached hydrogens (tertiary/aromatic N) is 2. The van der Waals surface area contributed by atoms with E-state index in [4.69, 9.17) is 23.2 Å². The summed E-state index contributed by atoms with van der Waals surface area (Å²) in [7, 11) is 0. The van der Waals surface area contributed by atoms with Gasteiger partial charge >= 0.3 is 0 Å². The van der Waals surface area contributed by atoms with Crippen LogP contribution in [0.4, 0.5) is 0 Å². The molecular weight excluding hydrogens is 287 g/mol. The van der Waals surface area contributed by atoms with Crippen molar-refractivity contribution in [2.24, 2.45) is 0 Å². The fourth-order valence-electron chi connectivity index (χ4n) is 1.79. The van der Waals surface area contributed by atoms with Crippen molar-refractivity contribution in [2.45, 2.75) is 6.92 Å². The Hall–Kier alpha value is -1.16. The first-order valence-corrected chi connectivity index (χ1v) is 6.90. The van der Waals surface area contributed by atoms with Gasteiger partial charge in [-0.3, -0.25) is 0 Å². The number of aryl methyl sites for hydroxylation is 1. The minimum atomic E-state index is 0.510. The number of rotatable bonds is 1. The number of hydrogen-bond acceptors (Lipinski definition) is 3. The molecule has 3 aromatic rings. The van der Waals surface area contributed by atoms with Crippen LogP contribution < -0.4 is 0 Å². The third-order valence-electron chi connectivity index (χ3n) is 2.55. The molecule has 0 fully saturated rings. The molecule has 0 aliphatic rings. The smallest absolute Gasteiger partial charge is 0.150 e. The molecule has 0 atom stereocenters. The molecule has 0 bridgehead atoms. The average molecular weight is 295 g/mol. The highest BCUT2D eigenvalue weighted by Gasteiger charge is 2.10. The lowest BCUT2D eigenvalue weighted by Gasteiger charge is -1.96. The van der Waals surface area contributed by atoms with Crippen molar-refractivity contribution in [3.05, 3.63) is 46.3 Å². The first-order valence-electron chi connectivity index (χ1n) is 5.33. The fraction of sp³-hybridized carbons (Fsp3) is 0.0769. The minimum absolute atomic E-state index is 0.510. The van der Waals surface area contributed by atoms with E-state index in [-0.39, 0.29) is 0 Å². The summed E-state index contributed by atoms with van der Waals surface area (Å²) in [6, 6.07) is 9.76. The molecule has 90 valence electrons. The maximum absolute atomic E-state index is 6.13. The predicted molar refractivity (Wildman–Crippen MR) is 77.6 cm³/mol. The quantitative estimate of drug-likeness (QED) is 0.592. The first kappa shape index (κ1) is 11.9. The molecule has 2 heterocycles. The average Bonchev–Trinajstić information content (AvgIpc) is 2.73. The van der Waals surface area contributed by atoms with Gasteiger partial charge in [-0.05, 0) is 30.7 Å². The Morgan fingerprint density at radius 2 is 1.94 bits per heavy atom. The summed E-state index contributed by atoms with van der Waals surface area (Å²) in [6.45, 7) is 1.84. The maximum atomic E-state index is 6.13. The van der Waals surface area contributed by atoms with Crippen LogP contribution in [0.15, 0.2) is 30.3 Å². The van der Waals surface area contributed by atoms with E-state index < -0.39 is 0 Å². The van der Waals surface area contributed by atoms with Gasteiger partial charge in [-0.2, -0.15) is 0 Å². The summed E-state index contributed by atoms with van der Waals surface area (Å²) in [5.41, 5.74) is 1.95. The molecular formula is C13H8Cl2N2S. The zero-order chi connectivity index (χ0) is 12.7. The zero-order valence-corrected chi connectivity index (χ0v) is 11.8. The number of fused-ring (bicyclic) bond motifs is 1. The lowest BCUT2D eigenvalue weighted by Crippen LogP contribution is -1.86. The van der Waals surface area contributed by atoms with E-state index in [1.807, 2.05) is 37.3 Å². The number of aromatic nitrogens is 2. The third-order valence-corrected chi connectivity index (χ3v) is 4.35. The second-order valence-electron chi connectivity index (χ2n) is 3.90. The molecule has 2 nitrogen and oxygen atoms in total. The predicted octanol–water partition coefficient (Wildman–Crippen LogP) is 4.97. The second-order valence-corrected chi connectivity index (χ2v) is 5.74. The van der Waals surface area contributed by atoms with Crippen LogP contribution in [0.2, 0.25) is 10.2 Å². The molecule has 0 aliphatic heterocycles. The Bertz CT molecular complexity index is 737. The molecule has 0 N–H and O–H groups in total. The van der Waals surface area contributed by atoms with Gasteiger partial charge in [-0.15, -0.1) is 11.3 Å². The minimum Gasteiger partial charge on any atom is -0.232 e. The molecule has 3 rings (SSSR count). The highest BCUT2D eigenvalue weighted by molar-refractivity contribution is 7.22. The molecule has 0 spiro atoms. The van der Waals surface area contributed by atoms with Crippen LogP contribution in [0, 0.1) is 6.92 Å². The zero-order valence-electron chi connectivity index (χ0n) is 9.45. The molecule has 0 unspecified atom stereocenters. The summed E-state index contributed by atoms with van der Waals surface area (Å²) < 4.78 is 0.914. The summed E-state index contributed by atoms with van der Waals surface area (Å²) >= 11 is 13.7. The Morgan fingerprint density at radius 3 is 2.72 bits per heavy atom. The van der Waals surface area contributed by atoms with Crippen molar-refractivity contribution in [1.29, 1.82) is 0 Å². The molecule has 18 heavy (non-hydrogen) atoms. The molecule has 0 radical (unpaired) electrons. The van der Waals surface area contributed by atoms with E-state index in [1.165, 1.54) is 0 Å². The summed E-state index contributed by atoms with van der Waals surface area (Å²) in [4.78, 5) is 9.64. The van der Waals surface area contributed by atoms with Crippen LogP contribution in [0.1, 0.15) is 5.82 Å². The topological polar surface area (TPSA) is 25.8 Å². The Morgan fingerprint density at radius 1 is 1.11 bits per heavy atom. The van der Waals surface area contributed by atoms with Crippen molar-refractivity contribution in [3.8, 4) is 10.4 Å². The maximum Gasteiger partial charge on any atom is 0.150 e. The molecule has 0 amide bonds. The molecule has 1 aromatic carbocycles. The third kappa shape index (κ3) is 2.09. The van der Waals surface area contributed by atoms with E-state index in [1.54, 1.807) is 11.3 Å². The molecule has 2 aromatic heterocycles. The van der Waals surface area contributed by atoms with Gasteiger partial charge in [-0.1, -0.05) is 35.3 Å². The van der Waals surface area contributed by atoms with E-state index in [0.29, 0.717) is 11.0 Å². The van der Waals surface area contributed by atoms with E-state index in [9.17, 15) is 0 Å². The van der Waals surface area contributed by atoms with Crippen molar-refractivity contribution in [3.63, 3.8) is 0 Å². The molecule has 0 aliphatic carbocycles. The normalized spacial score (nSPS) is 11.1. The SMILES string of the molecule is Cc1nc(Cl)c2sc(-c3cccc(Cl)c3)cc2n1. The van der Waals surface area contributed by atoms with Crippen molar-refractivity contribution < 1.29 is 0 Å². The van der Waals surface area contributed by atoms with Crippen LogP contribution in [0.5, 0.6) is 0 Å². The first-order chi connectivity index (χ1) is 8.63. The van der Waals surface area contributed by atoms with Gasteiger partial charge in [-0.25, -0.2) is 9.97 Å². The number of thiophene rings is 1. The van der Waals surface area contributed by atoms with E-state index in [0.717, 1.165) is 25.7 Å². The van der Waals surface area contributed by atoms with Gasteiger partial charge in [0.2, 0.25) is 0 Å². The second kappa shape index (κ2) is 4.50. The highest BCUT2D eigenvalue weighted by atomic mass is 35.5. The van der Waals surface area contributed by atoms with Gasteiger partial charge < -0.3 is 0 Å². The highest BCUT2D eigenvalue weighted by Crippen LogP contribution is 2.36. The van der Waals surface area contributed by atoms with Gasteiger partial charge in [0.1, 0.15) is 5.82 Å². The molecule has 5 heteroatoms. The van der Waals surface area contributed by atoms with E-state index in [2.05, 4.69) is 9.97 Å². The Balaban J connectivity index is 2.22. The van der Waals surface area contributed by atoms with Crippen LogP contribution in [0.25, 0.3) is 20.7 Å². The Labute approximate surface area is 118 Å². The van der Waals surface area contributed by atoms with Crippen LogP contribution in [0.3, 0.4) is 0 Å².